The van der Waals surface area contributed by atoms with Crippen LogP contribution in [0.4, 0.5) is 5.69 Å². The van der Waals surface area contributed by atoms with Crippen molar-refractivity contribution in [2.24, 2.45) is 0 Å². The lowest BCUT2D eigenvalue weighted by Crippen LogP contribution is -2.27. The fourth-order valence-corrected chi connectivity index (χ4v) is 2.16. The Kier molecular flexibility index (Phi) is 5.47. The number of carbonyl (C=O) groups excluding carboxylic acids is 1. The molecule has 0 aliphatic carbocycles. The molecule has 0 spiro atoms. The van der Waals surface area contributed by atoms with Gasteiger partial charge in [-0.2, -0.15) is 0 Å². The van der Waals surface area contributed by atoms with E-state index in [1.54, 1.807) is 7.11 Å². The third-order valence-corrected chi connectivity index (χ3v) is 3.28. The number of methoxy groups -OCH3 is 1. The van der Waals surface area contributed by atoms with Gasteiger partial charge in [-0.05, 0) is 12.5 Å². The van der Waals surface area contributed by atoms with Gasteiger partial charge in [0.15, 0.2) is 5.58 Å². The molecule has 2 rings (SSSR count). The van der Waals surface area contributed by atoms with Crippen molar-refractivity contribution in [3.05, 3.63) is 38.9 Å². The van der Waals surface area contributed by atoms with E-state index in [0.717, 1.165) is 0 Å². The van der Waals surface area contributed by atoms with Gasteiger partial charge in [-0.3, -0.25) is 19.5 Å². The zero-order chi connectivity index (χ0) is 16.8. The number of nitrogens with one attached hydrogen (secondary N) is 1. The number of non-ortho nitro benzene ring substituents is 1. The van der Waals surface area contributed by atoms with Gasteiger partial charge in [-0.15, -0.1) is 0 Å². The van der Waals surface area contributed by atoms with E-state index in [4.69, 9.17) is 9.15 Å². The SMILES string of the molecule is COCCNC(=O)CCCn1c(=O)oc2cc([N+](=O)[O-])ccc21. The molecule has 0 saturated carbocycles. The number of ether oxygens (including phenoxy) is 1. The van der Waals surface area contributed by atoms with Crippen molar-refractivity contribution in [1.82, 2.24) is 9.88 Å². The monoisotopic (exact) mass is 323 g/mol. The second-order valence-electron chi connectivity index (χ2n) is 4.88. The standard InChI is InChI=1S/C14H17N3O6/c1-22-8-6-15-13(18)3-2-7-16-11-5-4-10(17(20)21)9-12(11)23-14(16)19/h4-5,9H,2-3,6-8H2,1H3,(H,15,18). The van der Waals surface area contributed by atoms with Crippen molar-refractivity contribution in [2.45, 2.75) is 19.4 Å². The van der Waals surface area contributed by atoms with Crippen LogP contribution in [-0.2, 0) is 16.1 Å². The first-order valence-electron chi connectivity index (χ1n) is 7.06. The van der Waals surface area contributed by atoms with Gasteiger partial charge in [0.1, 0.15) is 0 Å². The van der Waals surface area contributed by atoms with E-state index in [2.05, 4.69) is 5.32 Å². The third-order valence-electron chi connectivity index (χ3n) is 3.28. The van der Waals surface area contributed by atoms with Crippen LogP contribution in [0.1, 0.15) is 12.8 Å². The van der Waals surface area contributed by atoms with Gasteiger partial charge in [0, 0.05) is 32.7 Å². The van der Waals surface area contributed by atoms with Crippen LogP contribution >= 0.6 is 0 Å². The van der Waals surface area contributed by atoms with E-state index in [-0.39, 0.29) is 23.6 Å². The molecule has 0 atom stereocenters. The highest BCUT2D eigenvalue weighted by atomic mass is 16.6. The van der Waals surface area contributed by atoms with Gasteiger partial charge >= 0.3 is 5.76 Å². The minimum absolute atomic E-state index is 0.126. The summed E-state index contributed by atoms with van der Waals surface area (Å²) < 4.78 is 11.2. The van der Waals surface area contributed by atoms with Crippen molar-refractivity contribution in [3.63, 3.8) is 0 Å². The average molecular weight is 323 g/mol. The van der Waals surface area contributed by atoms with Crippen molar-refractivity contribution < 1.29 is 18.9 Å². The molecule has 1 N–H and O–H groups in total. The molecule has 0 aliphatic rings. The van der Waals surface area contributed by atoms with Crippen LogP contribution in [0.5, 0.6) is 0 Å². The van der Waals surface area contributed by atoms with E-state index in [1.165, 1.54) is 22.8 Å². The Morgan fingerprint density at radius 2 is 2.26 bits per heavy atom. The van der Waals surface area contributed by atoms with Gasteiger partial charge in [0.2, 0.25) is 5.91 Å². The Balaban J connectivity index is 2.00. The predicted molar refractivity (Wildman–Crippen MR) is 81.2 cm³/mol. The molecule has 0 saturated heterocycles. The summed E-state index contributed by atoms with van der Waals surface area (Å²) >= 11 is 0. The third kappa shape index (κ3) is 4.16. The Hall–Kier alpha value is -2.68. The highest BCUT2D eigenvalue weighted by Gasteiger charge is 2.14. The van der Waals surface area contributed by atoms with Crippen LogP contribution in [-0.4, -0.2) is 35.7 Å². The fraction of sp³-hybridized carbons (Fsp3) is 0.429. The highest BCUT2D eigenvalue weighted by Crippen LogP contribution is 2.20. The topological polar surface area (TPSA) is 117 Å². The van der Waals surface area contributed by atoms with Gasteiger partial charge in [0.05, 0.1) is 23.1 Å². The first-order chi connectivity index (χ1) is 11.0. The van der Waals surface area contributed by atoms with Gasteiger partial charge < -0.3 is 14.5 Å². The zero-order valence-corrected chi connectivity index (χ0v) is 12.6. The molecule has 23 heavy (non-hydrogen) atoms. The van der Waals surface area contributed by atoms with Crippen LogP contribution in [0.2, 0.25) is 0 Å². The number of aryl methyl sites for hydroxylation is 1. The van der Waals surface area contributed by atoms with Crippen molar-refractivity contribution in [2.75, 3.05) is 20.3 Å². The second-order valence-corrected chi connectivity index (χ2v) is 4.88. The van der Waals surface area contributed by atoms with Gasteiger partial charge in [0.25, 0.3) is 5.69 Å². The molecular formula is C14H17N3O6. The van der Waals surface area contributed by atoms with Crippen LogP contribution < -0.4 is 11.1 Å². The van der Waals surface area contributed by atoms with Gasteiger partial charge in [-0.1, -0.05) is 0 Å². The minimum Gasteiger partial charge on any atom is -0.407 e. The number of fused-ring (bicyclic) bond motifs is 1. The lowest BCUT2D eigenvalue weighted by atomic mass is 10.2. The number of hydrogen-bond acceptors (Lipinski definition) is 6. The van der Waals surface area contributed by atoms with E-state index in [9.17, 15) is 19.7 Å². The summed E-state index contributed by atoms with van der Waals surface area (Å²) in [4.78, 5) is 33.5. The Morgan fingerprint density at radius 3 is 2.96 bits per heavy atom. The molecule has 124 valence electrons. The molecule has 1 aromatic heterocycles. The Morgan fingerprint density at radius 1 is 1.48 bits per heavy atom. The molecule has 2 aromatic rings. The normalized spacial score (nSPS) is 10.8. The molecule has 0 bridgehead atoms. The first-order valence-corrected chi connectivity index (χ1v) is 7.06. The highest BCUT2D eigenvalue weighted by molar-refractivity contribution is 5.76. The van der Waals surface area contributed by atoms with Crippen molar-refractivity contribution in [1.29, 1.82) is 0 Å². The summed E-state index contributed by atoms with van der Waals surface area (Å²) in [5.41, 5.74) is 0.491. The quantitative estimate of drug-likeness (QED) is 0.441. The summed E-state index contributed by atoms with van der Waals surface area (Å²) in [7, 11) is 1.55. The Labute approximate surface area is 131 Å². The van der Waals surface area contributed by atoms with E-state index >= 15 is 0 Å². The number of rotatable bonds is 8. The lowest BCUT2D eigenvalue weighted by molar-refractivity contribution is -0.384. The number of nitro groups is 1. The van der Waals surface area contributed by atoms with Crippen molar-refractivity contribution in [3.8, 4) is 0 Å². The second kappa shape index (κ2) is 7.54. The Bertz CT molecular complexity index is 763. The van der Waals surface area contributed by atoms with Crippen LogP contribution in [0.15, 0.2) is 27.4 Å². The number of nitro benzene ring substituents is 1. The molecule has 0 aliphatic heterocycles. The summed E-state index contributed by atoms with van der Waals surface area (Å²) in [5, 5.41) is 13.4. The molecule has 9 nitrogen and oxygen atoms in total. The average Bonchev–Trinajstić information content (AvgIpc) is 2.82. The number of nitrogens with zero attached hydrogens (tertiary/aromatic N) is 2. The summed E-state index contributed by atoms with van der Waals surface area (Å²) in [6.45, 7) is 1.17. The minimum atomic E-state index is -0.597. The molecule has 1 aromatic carbocycles. The maximum Gasteiger partial charge on any atom is 0.419 e. The molecule has 0 fully saturated rings. The molecule has 0 radical (unpaired) electrons. The van der Waals surface area contributed by atoms with Gasteiger partial charge in [-0.25, -0.2) is 4.79 Å². The number of hydrogen-bond donors (Lipinski definition) is 1. The van der Waals surface area contributed by atoms with Crippen LogP contribution in [0, 0.1) is 10.1 Å². The first kappa shape index (κ1) is 16.7. The molecule has 1 heterocycles. The molecule has 0 unspecified atom stereocenters. The number of benzene rings is 1. The molecular weight excluding hydrogens is 306 g/mol. The van der Waals surface area contributed by atoms with E-state index in [0.29, 0.717) is 31.6 Å². The van der Waals surface area contributed by atoms with E-state index < -0.39 is 10.7 Å². The molecule has 9 heteroatoms. The number of carbonyl (C=O) groups is 1. The predicted octanol–water partition coefficient (Wildman–Crippen LogP) is 1.05. The van der Waals surface area contributed by atoms with Crippen LogP contribution in [0.25, 0.3) is 11.1 Å². The summed E-state index contributed by atoms with van der Waals surface area (Å²) in [6, 6.07) is 3.99. The lowest BCUT2D eigenvalue weighted by Gasteiger charge is -2.05. The number of amides is 1. The van der Waals surface area contributed by atoms with E-state index in [1.807, 2.05) is 0 Å². The largest absolute Gasteiger partial charge is 0.419 e. The van der Waals surface area contributed by atoms with Crippen LogP contribution in [0.3, 0.4) is 0 Å². The fourth-order valence-electron chi connectivity index (χ4n) is 2.16. The summed E-state index contributed by atoms with van der Waals surface area (Å²) in [5.74, 6) is -0.723. The smallest absolute Gasteiger partial charge is 0.407 e. The zero-order valence-electron chi connectivity index (χ0n) is 12.6. The number of oxazole rings is 1. The maximum atomic E-state index is 11.8. The summed E-state index contributed by atoms with van der Waals surface area (Å²) in [6.07, 6.45) is 0.708. The van der Waals surface area contributed by atoms with Crippen molar-refractivity contribution >= 4 is 22.7 Å². The maximum absolute atomic E-state index is 11.8. The number of aromatic nitrogens is 1. The molecule has 1 amide bonds.